The lowest BCUT2D eigenvalue weighted by atomic mass is 9.82. The van der Waals surface area contributed by atoms with Crippen molar-refractivity contribution in [3.63, 3.8) is 0 Å². The summed E-state index contributed by atoms with van der Waals surface area (Å²) in [6.45, 7) is 5.57. The minimum Gasteiger partial charge on any atom is -0.359 e. The highest BCUT2D eigenvalue weighted by Crippen LogP contribution is 2.33. The Balaban J connectivity index is 2.81. The zero-order chi connectivity index (χ0) is 11.7. The van der Waals surface area contributed by atoms with Crippen LogP contribution in [0.4, 0.5) is 0 Å². The first-order chi connectivity index (χ1) is 6.75. The van der Waals surface area contributed by atoms with Gasteiger partial charge in [-0.2, -0.15) is 0 Å². The number of amides is 1. The number of carbonyl (C=O) groups is 2. The molecule has 4 nitrogen and oxygen atoms in total. The average molecular weight is 212 g/mol. The fourth-order valence-corrected chi connectivity index (χ4v) is 1.89. The summed E-state index contributed by atoms with van der Waals surface area (Å²) in [7, 11) is 0. The molecule has 0 unspecified atom stereocenters. The molecule has 1 aliphatic rings. The van der Waals surface area contributed by atoms with Crippen LogP contribution in [0.3, 0.4) is 0 Å². The first kappa shape index (κ1) is 12.2. The van der Waals surface area contributed by atoms with Gasteiger partial charge >= 0.3 is 0 Å². The normalized spacial score (nSPS) is 21.4. The van der Waals surface area contributed by atoms with E-state index >= 15 is 0 Å². The second kappa shape index (κ2) is 3.93. The van der Waals surface area contributed by atoms with Crippen molar-refractivity contribution in [3.05, 3.63) is 0 Å². The largest absolute Gasteiger partial charge is 0.359 e. The Morgan fingerprint density at radius 2 is 1.80 bits per heavy atom. The van der Waals surface area contributed by atoms with Crippen LogP contribution in [-0.4, -0.2) is 22.9 Å². The van der Waals surface area contributed by atoms with E-state index in [2.05, 4.69) is 0 Å². The van der Waals surface area contributed by atoms with Crippen LogP contribution in [0.15, 0.2) is 0 Å². The Hall–Kier alpha value is -0.900. The van der Waals surface area contributed by atoms with E-state index in [9.17, 15) is 9.59 Å². The summed E-state index contributed by atoms with van der Waals surface area (Å²) in [6, 6.07) is 0. The number of rotatable bonds is 2. The van der Waals surface area contributed by atoms with E-state index in [1.807, 2.05) is 20.8 Å². The van der Waals surface area contributed by atoms with Crippen LogP contribution in [0.25, 0.3) is 0 Å². The molecule has 1 rings (SSSR count). The molecule has 0 atom stereocenters. The molecule has 0 aromatic heterocycles. The fourth-order valence-electron chi connectivity index (χ4n) is 1.89. The minimum absolute atomic E-state index is 0.157. The predicted molar refractivity (Wildman–Crippen MR) is 55.1 cm³/mol. The Labute approximate surface area is 90.2 Å². The van der Waals surface area contributed by atoms with Crippen molar-refractivity contribution >= 4 is 11.7 Å². The molecule has 0 heterocycles. The maximum Gasteiger partial charge on any atom is 0.270 e. The van der Waals surface area contributed by atoms with Gasteiger partial charge in [0.05, 0.1) is 5.60 Å². The summed E-state index contributed by atoms with van der Waals surface area (Å²) in [4.78, 5) is 22.4. The zero-order valence-electron chi connectivity index (χ0n) is 9.55. The third-order valence-electron chi connectivity index (χ3n) is 2.53. The number of ketones is 1. The van der Waals surface area contributed by atoms with Gasteiger partial charge in [0.15, 0.2) is 0 Å². The second-order valence-corrected chi connectivity index (χ2v) is 5.08. The van der Waals surface area contributed by atoms with Crippen LogP contribution >= 0.6 is 0 Å². The van der Waals surface area contributed by atoms with Crippen molar-refractivity contribution < 1.29 is 14.3 Å². The van der Waals surface area contributed by atoms with Crippen LogP contribution in [-0.2, 0) is 14.3 Å². The maximum atomic E-state index is 11.3. The molecule has 1 aliphatic carbocycles. The van der Waals surface area contributed by atoms with Gasteiger partial charge < -0.3 is 4.74 Å². The summed E-state index contributed by atoms with van der Waals surface area (Å²) in [5.41, 5.74) is 5.78. The second-order valence-electron chi connectivity index (χ2n) is 5.08. The smallest absolute Gasteiger partial charge is 0.270 e. The molecule has 1 N–H and O–H groups in total. The lowest BCUT2D eigenvalue weighted by molar-refractivity contribution is -0.174. The summed E-state index contributed by atoms with van der Waals surface area (Å²) < 4.78 is 5.69. The monoisotopic (exact) mass is 212 g/mol. The van der Waals surface area contributed by atoms with Crippen LogP contribution in [0, 0.1) is 0 Å². The van der Waals surface area contributed by atoms with Gasteiger partial charge in [0, 0.05) is 12.8 Å². The zero-order valence-corrected chi connectivity index (χ0v) is 9.55. The van der Waals surface area contributed by atoms with Crippen molar-refractivity contribution in [2.75, 3.05) is 0 Å². The van der Waals surface area contributed by atoms with Crippen molar-refractivity contribution in [1.29, 1.82) is 0 Å². The first-order valence-corrected chi connectivity index (χ1v) is 5.23. The first-order valence-electron chi connectivity index (χ1n) is 5.23. The molecular weight excluding hydrogens is 194 g/mol. The molecule has 0 aromatic carbocycles. The highest BCUT2D eigenvalue weighted by molar-refractivity contribution is 5.87. The summed E-state index contributed by atoms with van der Waals surface area (Å²) in [5.74, 6) is -0.547. The molecule has 0 saturated heterocycles. The Morgan fingerprint density at radius 3 is 2.13 bits per heavy atom. The molecule has 0 bridgehead atoms. The summed E-state index contributed by atoms with van der Waals surface area (Å²) in [6.07, 6.45) is 1.40. The Bertz CT molecular complexity index is 268. The Morgan fingerprint density at radius 1 is 1.33 bits per heavy atom. The highest BCUT2D eigenvalue weighted by atomic mass is 16.5. The average Bonchev–Trinajstić information content (AvgIpc) is 2.06. The van der Waals surface area contributed by atoms with Gasteiger partial charge in [-0.1, -0.05) is 0 Å². The van der Waals surface area contributed by atoms with E-state index in [1.165, 1.54) is 0 Å². The van der Waals surface area contributed by atoms with E-state index in [-0.39, 0.29) is 5.78 Å². The predicted octanol–water partition coefficient (Wildman–Crippen LogP) is 1.49. The number of ether oxygens (including phenoxy) is 1. The van der Waals surface area contributed by atoms with Gasteiger partial charge in [-0.25, -0.2) is 0 Å². The van der Waals surface area contributed by atoms with Crippen molar-refractivity contribution in [2.45, 2.75) is 57.7 Å². The van der Waals surface area contributed by atoms with Gasteiger partial charge in [-0.3, -0.25) is 15.3 Å². The van der Waals surface area contributed by atoms with E-state index in [1.54, 1.807) is 0 Å². The standard InChI is InChI=1S/C11H18NO3/c1-10(2,3)15-11(9(12)14)6-4-8(13)5-7-11/h12H,4-7H2,1-3H3. The molecular formula is C11H18NO3. The molecule has 85 valence electrons. The number of Topliss-reactive ketones (excluding diaryl/α,β-unsaturated/α-hetero) is 1. The topological polar surface area (TPSA) is 67.2 Å². The molecule has 15 heavy (non-hydrogen) atoms. The molecule has 1 radical (unpaired) electrons. The molecule has 1 saturated carbocycles. The van der Waals surface area contributed by atoms with Gasteiger partial charge in [0.1, 0.15) is 11.4 Å². The van der Waals surface area contributed by atoms with Crippen molar-refractivity contribution in [3.8, 4) is 0 Å². The lowest BCUT2D eigenvalue weighted by Crippen LogP contribution is -2.49. The maximum absolute atomic E-state index is 11.3. The SMILES string of the molecule is CC(C)(C)OC1(C([NH])=O)CCC(=O)CC1. The van der Waals surface area contributed by atoms with Gasteiger partial charge in [-0.05, 0) is 33.6 Å². The quantitative estimate of drug-likeness (QED) is 0.696. The highest BCUT2D eigenvalue weighted by Gasteiger charge is 2.44. The van der Waals surface area contributed by atoms with Crippen LogP contribution in [0.5, 0.6) is 0 Å². The van der Waals surface area contributed by atoms with Gasteiger partial charge in [0.2, 0.25) is 0 Å². The summed E-state index contributed by atoms with van der Waals surface area (Å²) in [5, 5.41) is 0. The molecule has 1 fully saturated rings. The number of hydrogen-bond donors (Lipinski definition) is 0. The van der Waals surface area contributed by atoms with E-state index in [0.29, 0.717) is 25.7 Å². The number of hydrogen-bond acceptors (Lipinski definition) is 3. The molecule has 1 amide bonds. The van der Waals surface area contributed by atoms with Crippen molar-refractivity contribution in [1.82, 2.24) is 5.73 Å². The number of carbonyl (C=O) groups excluding carboxylic acids is 2. The van der Waals surface area contributed by atoms with E-state index in [4.69, 9.17) is 10.5 Å². The molecule has 0 aromatic rings. The Kier molecular flexibility index (Phi) is 3.19. The molecule has 0 spiro atoms. The van der Waals surface area contributed by atoms with Gasteiger partial charge in [-0.15, -0.1) is 0 Å². The van der Waals surface area contributed by atoms with Crippen LogP contribution in [0.2, 0.25) is 0 Å². The molecule has 0 aliphatic heterocycles. The summed E-state index contributed by atoms with van der Waals surface area (Å²) >= 11 is 0. The van der Waals surface area contributed by atoms with Crippen LogP contribution in [0.1, 0.15) is 46.5 Å². The van der Waals surface area contributed by atoms with E-state index in [0.717, 1.165) is 0 Å². The molecule has 4 heteroatoms. The number of nitrogens with one attached hydrogen (secondary N) is 1. The third kappa shape index (κ3) is 3.02. The van der Waals surface area contributed by atoms with Crippen LogP contribution < -0.4 is 5.73 Å². The minimum atomic E-state index is -1.05. The fraction of sp³-hybridized carbons (Fsp3) is 0.818. The van der Waals surface area contributed by atoms with E-state index < -0.39 is 17.1 Å². The lowest BCUT2D eigenvalue weighted by Gasteiger charge is -2.38. The van der Waals surface area contributed by atoms with Crippen molar-refractivity contribution in [2.24, 2.45) is 0 Å². The third-order valence-corrected chi connectivity index (χ3v) is 2.53. The van der Waals surface area contributed by atoms with Gasteiger partial charge in [0.25, 0.3) is 5.91 Å².